The smallest absolute Gasteiger partial charge is 0.148 e. The maximum atomic E-state index is 6.10. The fourth-order valence-corrected chi connectivity index (χ4v) is 2.04. The van der Waals surface area contributed by atoms with Gasteiger partial charge in [-0.25, -0.2) is 0 Å². The summed E-state index contributed by atoms with van der Waals surface area (Å²) in [6.07, 6.45) is 5.18. The van der Waals surface area contributed by atoms with Gasteiger partial charge in [-0.05, 0) is 42.3 Å². The third kappa shape index (κ3) is 3.69. The van der Waals surface area contributed by atoms with Gasteiger partial charge in [-0.1, -0.05) is 35.7 Å². The summed E-state index contributed by atoms with van der Waals surface area (Å²) >= 11 is 6.10. The van der Waals surface area contributed by atoms with E-state index in [-0.39, 0.29) is 6.61 Å². The predicted molar refractivity (Wildman–Crippen MR) is 84.3 cm³/mol. The van der Waals surface area contributed by atoms with Crippen LogP contribution in [0.15, 0.2) is 42.5 Å². The molecule has 0 spiro atoms. The molecule has 0 aromatic heterocycles. The number of nitrogens with one attached hydrogen (secondary N) is 1. The lowest BCUT2D eigenvalue weighted by Gasteiger charge is -2.11. The van der Waals surface area contributed by atoms with Crippen LogP contribution in [-0.2, 0) is 6.54 Å². The van der Waals surface area contributed by atoms with E-state index in [1.807, 2.05) is 49.4 Å². The van der Waals surface area contributed by atoms with E-state index < -0.39 is 0 Å². The van der Waals surface area contributed by atoms with Crippen LogP contribution in [-0.4, -0.2) is 6.61 Å². The van der Waals surface area contributed by atoms with Gasteiger partial charge in [0, 0.05) is 17.3 Å². The van der Waals surface area contributed by atoms with Crippen molar-refractivity contribution < 1.29 is 4.74 Å². The second-order valence-corrected chi connectivity index (χ2v) is 4.81. The SMILES string of the molecule is C#CCOc1cccc(CNc2cccc(Cl)c2C)c1. The first-order valence-electron chi connectivity index (χ1n) is 6.35. The maximum absolute atomic E-state index is 6.10. The topological polar surface area (TPSA) is 21.3 Å². The van der Waals surface area contributed by atoms with Gasteiger partial charge in [-0.15, -0.1) is 6.42 Å². The van der Waals surface area contributed by atoms with Crippen LogP contribution >= 0.6 is 11.6 Å². The molecule has 2 aromatic rings. The summed E-state index contributed by atoms with van der Waals surface area (Å²) < 4.78 is 5.41. The lowest BCUT2D eigenvalue weighted by atomic mass is 10.1. The Bertz CT molecular complexity index is 631. The highest BCUT2D eigenvalue weighted by molar-refractivity contribution is 6.31. The standard InChI is InChI=1S/C17H16ClNO/c1-3-10-20-15-7-4-6-14(11-15)12-19-17-9-5-8-16(18)13(17)2/h1,4-9,11,19H,10,12H2,2H3. The maximum Gasteiger partial charge on any atom is 0.148 e. The Balaban J connectivity index is 2.04. The van der Waals surface area contributed by atoms with Crippen LogP contribution in [0.2, 0.25) is 5.02 Å². The molecule has 3 heteroatoms. The quantitative estimate of drug-likeness (QED) is 0.828. The van der Waals surface area contributed by atoms with Crippen molar-refractivity contribution in [3.05, 3.63) is 58.6 Å². The zero-order valence-corrected chi connectivity index (χ0v) is 12.1. The first-order chi connectivity index (χ1) is 9.70. The van der Waals surface area contributed by atoms with E-state index in [1.54, 1.807) is 0 Å². The van der Waals surface area contributed by atoms with Crippen molar-refractivity contribution in [1.82, 2.24) is 0 Å². The average molecular weight is 286 g/mol. The zero-order valence-electron chi connectivity index (χ0n) is 11.3. The van der Waals surface area contributed by atoms with Crippen LogP contribution in [0, 0.1) is 19.3 Å². The lowest BCUT2D eigenvalue weighted by molar-refractivity contribution is 0.370. The molecule has 1 N–H and O–H groups in total. The van der Waals surface area contributed by atoms with Crippen molar-refractivity contribution in [3.8, 4) is 18.1 Å². The molecule has 0 amide bonds. The first-order valence-corrected chi connectivity index (χ1v) is 6.72. The van der Waals surface area contributed by atoms with E-state index in [0.29, 0.717) is 6.54 Å². The summed E-state index contributed by atoms with van der Waals surface area (Å²) in [6, 6.07) is 13.7. The van der Waals surface area contributed by atoms with Crippen LogP contribution in [0.25, 0.3) is 0 Å². The Morgan fingerprint density at radius 2 is 2.05 bits per heavy atom. The molecule has 0 fully saturated rings. The van der Waals surface area contributed by atoms with Gasteiger partial charge in [-0.2, -0.15) is 0 Å². The molecule has 0 heterocycles. The average Bonchev–Trinajstić information content (AvgIpc) is 2.47. The molecule has 0 radical (unpaired) electrons. The molecule has 0 bridgehead atoms. The number of halogens is 1. The molecule has 102 valence electrons. The summed E-state index contributed by atoms with van der Waals surface area (Å²) in [5.74, 6) is 3.24. The van der Waals surface area contributed by atoms with Gasteiger partial charge in [0.05, 0.1) is 0 Å². The summed E-state index contributed by atoms with van der Waals surface area (Å²) in [5, 5.41) is 4.14. The fraction of sp³-hybridized carbons (Fsp3) is 0.176. The molecular formula is C17H16ClNO. The predicted octanol–water partition coefficient (Wildman–Crippen LogP) is 4.27. The number of rotatable bonds is 5. The number of anilines is 1. The van der Waals surface area contributed by atoms with E-state index >= 15 is 0 Å². The van der Waals surface area contributed by atoms with Crippen molar-refractivity contribution in [1.29, 1.82) is 0 Å². The second kappa shape index (κ2) is 6.88. The Kier molecular flexibility index (Phi) is 4.92. The van der Waals surface area contributed by atoms with E-state index in [1.165, 1.54) is 0 Å². The number of ether oxygens (including phenoxy) is 1. The highest BCUT2D eigenvalue weighted by atomic mass is 35.5. The van der Waals surface area contributed by atoms with Crippen LogP contribution in [0.3, 0.4) is 0 Å². The third-order valence-electron chi connectivity index (χ3n) is 2.97. The monoisotopic (exact) mass is 285 g/mol. The van der Waals surface area contributed by atoms with Gasteiger partial charge in [0.15, 0.2) is 0 Å². The molecule has 0 saturated heterocycles. The molecule has 0 aliphatic heterocycles. The molecule has 0 aliphatic rings. The molecule has 0 aliphatic carbocycles. The number of hydrogen-bond acceptors (Lipinski definition) is 2. The summed E-state index contributed by atoms with van der Waals surface area (Å²) in [7, 11) is 0. The summed E-state index contributed by atoms with van der Waals surface area (Å²) in [6.45, 7) is 2.98. The van der Waals surface area contributed by atoms with Crippen LogP contribution in [0.4, 0.5) is 5.69 Å². The Hall–Kier alpha value is -2.11. The van der Waals surface area contributed by atoms with Crippen LogP contribution in [0.1, 0.15) is 11.1 Å². The lowest BCUT2D eigenvalue weighted by Crippen LogP contribution is -2.02. The highest BCUT2D eigenvalue weighted by Crippen LogP contribution is 2.23. The van der Waals surface area contributed by atoms with E-state index in [0.717, 1.165) is 27.6 Å². The molecule has 0 atom stereocenters. The van der Waals surface area contributed by atoms with Crippen molar-refractivity contribution in [2.45, 2.75) is 13.5 Å². The number of benzene rings is 2. The van der Waals surface area contributed by atoms with E-state index in [2.05, 4.69) is 11.2 Å². The summed E-state index contributed by atoms with van der Waals surface area (Å²) in [5.41, 5.74) is 3.21. The van der Waals surface area contributed by atoms with Crippen molar-refractivity contribution in [3.63, 3.8) is 0 Å². The largest absolute Gasteiger partial charge is 0.481 e. The second-order valence-electron chi connectivity index (χ2n) is 4.41. The fourth-order valence-electron chi connectivity index (χ4n) is 1.87. The van der Waals surface area contributed by atoms with Gasteiger partial charge in [0.2, 0.25) is 0 Å². The van der Waals surface area contributed by atoms with Gasteiger partial charge < -0.3 is 10.1 Å². The first kappa shape index (κ1) is 14.3. The zero-order chi connectivity index (χ0) is 14.4. The molecular weight excluding hydrogens is 270 g/mol. The van der Waals surface area contributed by atoms with Gasteiger partial charge in [0.25, 0.3) is 0 Å². The Morgan fingerprint density at radius 3 is 2.85 bits per heavy atom. The highest BCUT2D eigenvalue weighted by Gasteiger charge is 2.02. The van der Waals surface area contributed by atoms with Gasteiger partial charge in [-0.3, -0.25) is 0 Å². The van der Waals surface area contributed by atoms with Gasteiger partial charge >= 0.3 is 0 Å². The van der Waals surface area contributed by atoms with E-state index in [9.17, 15) is 0 Å². The van der Waals surface area contributed by atoms with Crippen molar-refractivity contribution >= 4 is 17.3 Å². The summed E-state index contributed by atoms with van der Waals surface area (Å²) in [4.78, 5) is 0. The Labute approximate surface area is 124 Å². The number of terminal acetylenes is 1. The third-order valence-corrected chi connectivity index (χ3v) is 3.38. The molecule has 0 saturated carbocycles. The number of hydrogen-bond donors (Lipinski definition) is 1. The molecule has 2 aromatic carbocycles. The molecule has 2 rings (SSSR count). The van der Waals surface area contributed by atoms with E-state index in [4.69, 9.17) is 22.8 Å². The van der Waals surface area contributed by atoms with Crippen molar-refractivity contribution in [2.24, 2.45) is 0 Å². The molecule has 20 heavy (non-hydrogen) atoms. The minimum absolute atomic E-state index is 0.282. The van der Waals surface area contributed by atoms with Gasteiger partial charge in [0.1, 0.15) is 12.4 Å². The molecule has 2 nitrogen and oxygen atoms in total. The normalized spacial score (nSPS) is 9.85. The Morgan fingerprint density at radius 1 is 1.25 bits per heavy atom. The van der Waals surface area contributed by atoms with Crippen LogP contribution < -0.4 is 10.1 Å². The minimum atomic E-state index is 0.282. The molecule has 0 unspecified atom stereocenters. The minimum Gasteiger partial charge on any atom is -0.481 e. The van der Waals surface area contributed by atoms with Crippen molar-refractivity contribution in [2.75, 3.05) is 11.9 Å². The van der Waals surface area contributed by atoms with Crippen LogP contribution in [0.5, 0.6) is 5.75 Å².